The van der Waals surface area contributed by atoms with Gasteiger partial charge in [-0.05, 0) is 25.5 Å². The summed E-state index contributed by atoms with van der Waals surface area (Å²) in [6.07, 6.45) is 3.58. The second kappa shape index (κ2) is 12.9. The molecule has 0 aliphatic carbocycles. The van der Waals surface area contributed by atoms with Gasteiger partial charge in [-0.3, -0.25) is 4.79 Å². The van der Waals surface area contributed by atoms with Crippen LogP contribution in [0.5, 0.6) is 0 Å². The molecule has 19 heavy (non-hydrogen) atoms. The van der Waals surface area contributed by atoms with Crippen molar-refractivity contribution in [3.8, 4) is 0 Å². The van der Waals surface area contributed by atoms with Crippen molar-refractivity contribution < 1.29 is 4.79 Å². The molecular formula is C15H29N3O. The monoisotopic (exact) mass is 267 g/mol. The molecule has 3 N–H and O–H groups in total. The second-order valence-electron chi connectivity index (χ2n) is 3.60. The van der Waals surface area contributed by atoms with Gasteiger partial charge in [-0.1, -0.05) is 41.0 Å². The summed E-state index contributed by atoms with van der Waals surface area (Å²) in [4.78, 5) is 15.6. The highest BCUT2D eigenvalue weighted by atomic mass is 16.1. The van der Waals surface area contributed by atoms with Crippen LogP contribution in [0.25, 0.3) is 0 Å². The number of carbonyl (C=O) groups excluding carboxylic acids is 1. The summed E-state index contributed by atoms with van der Waals surface area (Å²) in [7, 11) is 0. The number of carbonyl (C=O) groups is 1. The molecule has 1 unspecified atom stereocenters. The van der Waals surface area contributed by atoms with Crippen LogP contribution in [0.15, 0.2) is 18.3 Å². The van der Waals surface area contributed by atoms with E-state index in [1.807, 2.05) is 34.6 Å². The Morgan fingerprint density at radius 2 is 1.95 bits per heavy atom. The lowest BCUT2D eigenvalue weighted by Crippen LogP contribution is -2.32. The molecule has 0 fully saturated rings. The minimum atomic E-state index is -0.151. The van der Waals surface area contributed by atoms with Crippen molar-refractivity contribution in [1.82, 2.24) is 10.3 Å². The van der Waals surface area contributed by atoms with Gasteiger partial charge in [0.15, 0.2) is 0 Å². The summed E-state index contributed by atoms with van der Waals surface area (Å²) >= 11 is 0. The van der Waals surface area contributed by atoms with Gasteiger partial charge in [-0.25, -0.2) is 4.98 Å². The molecule has 0 aliphatic rings. The van der Waals surface area contributed by atoms with Crippen molar-refractivity contribution in [2.24, 2.45) is 0 Å². The van der Waals surface area contributed by atoms with Crippen molar-refractivity contribution in [1.29, 1.82) is 0 Å². The summed E-state index contributed by atoms with van der Waals surface area (Å²) in [5.74, 6) is 0.125. The van der Waals surface area contributed by atoms with Gasteiger partial charge < -0.3 is 11.1 Å². The first-order chi connectivity index (χ1) is 9.15. The van der Waals surface area contributed by atoms with Gasteiger partial charge in [0.2, 0.25) is 0 Å². The van der Waals surface area contributed by atoms with Gasteiger partial charge in [0.1, 0.15) is 5.82 Å². The van der Waals surface area contributed by atoms with Crippen LogP contribution in [-0.4, -0.2) is 16.9 Å². The van der Waals surface area contributed by atoms with Crippen molar-refractivity contribution in [2.75, 3.05) is 5.73 Å². The lowest BCUT2D eigenvalue weighted by atomic mass is 10.1. The molecule has 0 aromatic carbocycles. The fraction of sp³-hybridized carbons (Fsp3) is 0.600. The van der Waals surface area contributed by atoms with Gasteiger partial charge in [-0.15, -0.1) is 0 Å². The molecule has 1 atom stereocenters. The molecule has 1 amide bonds. The van der Waals surface area contributed by atoms with E-state index >= 15 is 0 Å². The van der Waals surface area contributed by atoms with Crippen LogP contribution >= 0.6 is 0 Å². The van der Waals surface area contributed by atoms with E-state index in [1.54, 1.807) is 18.3 Å². The SMILES string of the molecule is CC.CC.CCCC(C)NC(=O)c1cccnc1N. The zero-order valence-corrected chi connectivity index (χ0v) is 13.2. The molecule has 4 nitrogen and oxygen atoms in total. The number of aromatic nitrogens is 1. The normalized spacial score (nSPS) is 10.2. The maximum absolute atomic E-state index is 11.7. The standard InChI is InChI=1S/C11H17N3O.2C2H6/c1-3-5-8(2)14-11(15)9-6-4-7-13-10(9)12;2*1-2/h4,6-8H,3,5H2,1-2H3,(H2,12,13)(H,14,15);2*1-2H3. The number of nitrogens with two attached hydrogens (primary N) is 1. The summed E-state index contributed by atoms with van der Waals surface area (Å²) in [5, 5.41) is 2.88. The van der Waals surface area contributed by atoms with E-state index in [-0.39, 0.29) is 17.8 Å². The van der Waals surface area contributed by atoms with Crippen LogP contribution in [-0.2, 0) is 0 Å². The summed E-state index contributed by atoms with van der Waals surface area (Å²) in [5.41, 5.74) is 6.04. The molecule has 1 heterocycles. The lowest BCUT2D eigenvalue weighted by molar-refractivity contribution is 0.0939. The summed E-state index contributed by atoms with van der Waals surface area (Å²) in [6, 6.07) is 3.55. The third-order valence-electron chi connectivity index (χ3n) is 2.18. The predicted octanol–water partition coefficient (Wildman–Crippen LogP) is 3.63. The summed E-state index contributed by atoms with van der Waals surface area (Å²) < 4.78 is 0. The molecule has 0 spiro atoms. The molecule has 1 aromatic heterocycles. The average Bonchev–Trinajstić information content (AvgIpc) is 2.44. The van der Waals surface area contributed by atoms with Gasteiger partial charge in [0.25, 0.3) is 5.91 Å². The van der Waals surface area contributed by atoms with E-state index in [4.69, 9.17) is 5.73 Å². The van der Waals surface area contributed by atoms with E-state index in [2.05, 4.69) is 17.2 Å². The fourth-order valence-electron chi connectivity index (χ4n) is 1.42. The van der Waals surface area contributed by atoms with Crippen molar-refractivity contribution in [3.63, 3.8) is 0 Å². The summed E-state index contributed by atoms with van der Waals surface area (Å²) in [6.45, 7) is 12.1. The Morgan fingerprint density at radius 3 is 2.42 bits per heavy atom. The predicted molar refractivity (Wildman–Crippen MR) is 83.2 cm³/mol. The van der Waals surface area contributed by atoms with Crippen LogP contribution in [0.4, 0.5) is 5.82 Å². The number of hydrogen-bond donors (Lipinski definition) is 2. The molecule has 1 rings (SSSR count). The quantitative estimate of drug-likeness (QED) is 0.875. The van der Waals surface area contributed by atoms with Crippen LogP contribution < -0.4 is 11.1 Å². The smallest absolute Gasteiger partial charge is 0.255 e. The lowest BCUT2D eigenvalue weighted by Gasteiger charge is -2.13. The molecular weight excluding hydrogens is 238 g/mol. The zero-order chi connectivity index (χ0) is 15.3. The maximum Gasteiger partial charge on any atom is 0.255 e. The van der Waals surface area contributed by atoms with Crippen molar-refractivity contribution in [3.05, 3.63) is 23.9 Å². The first kappa shape index (κ1) is 19.8. The van der Waals surface area contributed by atoms with E-state index < -0.39 is 0 Å². The number of pyridine rings is 1. The van der Waals surface area contributed by atoms with Crippen molar-refractivity contribution >= 4 is 11.7 Å². The molecule has 110 valence electrons. The highest BCUT2D eigenvalue weighted by molar-refractivity contribution is 5.98. The highest BCUT2D eigenvalue weighted by Gasteiger charge is 2.11. The van der Waals surface area contributed by atoms with Gasteiger partial charge in [0, 0.05) is 12.2 Å². The molecule has 0 radical (unpaired) electrons. The first-order valence-corrected chi connectivity index (χ1v) is 7.16. The average molecular weight is 267 g/mol. The van der Waals surface area contributed by atoms with Gasteiger partial charge in [-0.2, -0.15) is 0 Å². The van der Waals surface area contributed by atoms with E-state index in [9.17, 15) is 4.79 Å². The number of nitrogens with one attached hydrogen (secondary N) is 1. The molecule has 0 bridgehead atoms. The Balaban J connectivity index is 0. The topological polar surface area (TPSA) is 68.0 Å². The Morgan fingerprint density at radius 1 is 1.37 bits per heavy atom. The third kappa shape index (κ3) is 8.19. The van der Waals surface area contributed by atoms with Crippen LogP contribution in [0.2, 0.25) is 0 Å². The molecule has 0 saturated heterocycles. The number of rotatable bonds is 4. The molecule has 0 saturated carbocycles. The number of nitrogens with zero attached hydrogens (tertiary/aromatic N) is 1. The van der Waals surface area contributed by atoms with Crippen LogP contribution in [0.1, 0.15) is 64.7 Å². The Bertz CT molecular complexity index is 340. The number of hydrogen-bond acceptors (Lipinski definition) is 3. The number of amides is 1. The number of anilines is 1. The second-order valence-corrected chi connectivity index (χ2v) is 3.60. The largest absolute Gasteiger partial charge is 0.383 e. The molecule has 0 aliphatic heterocycles. The third-order valence-corrected chi connectivity index (χ3v) is 2.18. The Hall–Kier alpha value is -1.58. The Labute approximate surface area is 117 Å². The fourth-order valence-corrected chi connectivity index (χ4v) is 1.42. The Kier molecular flexibility index (Phi) is 13.4. The van der Waals surface area contributed by atoms with E-state index in [0.717, 1.165) is 12.8 Å². The van der Waals surface area contributed by atoms with Crippen LogP contribution in [0.3, 0.4) is 0 Å². The zero-order valence-electron chi connectivity index (χ0n) is 13.2. The molecule has 1 aromatic rings. The highest BCUT2D eigenvalue weighted by Crippen LogP contribution is 2.07. The van der Waals surface area contributed by atoms with E-state index in [0.29, 0.717) is 5.56 Å². The first-order valence-electron chi connectivity index (χ1n) is 7.16. The minimum Gasteiger partial charge on any atom is -0.383 e. The van der Waals surface area contributed by atoms with Gasteiger partial charge in [0.05, 0.1) is 5.56 Å². The van der Waals surface area contributed by atoms with Crippen molar-refractivity contribution in [2.45, 2.75) is 60.4 Å². The van der Waals surface area contributed by atoms with Crippen LogP contribution in [0, 0.1) is 0 Å². The molecule has 4 heteroatoms. The maximum atomic E-state index is 11.7. The van der Waals surface area contributed by atoms with E-state index in [1.165, 1.54) is 0 Å². The minimum absolute atomic E-state index is 0.151. The van der Waals surface area contributed by atoms with Gasteiger partial charge >= 0.3 is 0 Å². The number of nitrogen functional groups attached to an aromatic ring is 1.